The number of hydrogen-bond acceptors (Lipinski definition) is 4. The Labute approximate surface area is 165 Å². The lowest BCUT2D eigenvalue weighted by atomic mass is 10.1. The summed E-state index contributed by atoms with van der Waals surface area (Å²) in [7, 11) is -1.72. The van der Waals surface area contributed by atoms with Gasteiger partial charge in [-0.2, -0.15) is 0 Å². The van der Waals surface area contributed by atoms with Crippen molar-refractivity contribution in [3.8, 4) is 0 Å². The summed E-state index contributed by atoms with van der Waals surface area (Å²) < 4.78 is 23.6. The number of carbonyl (C=O) groups is 2. The molecule has 2 aromatic carbocycles. The minimum Gasteiger partial charge on any atom is -0.322 e. The van der Waals surface area contributed by atoms with Gasteiger partial charge in [0.1, 0.15) is 0 Å². The van der Waals surface area contributed by atoms with Gasteiger partial charge in [0, 0.05) is 11.9 Å². The highest BCUT2D eigenvalue weighted by atomic mass is 32.2. The minimum absolute atomic E-state index is 0.0287. The summed E-state index contributed by atoms with van der Waals surface area (Å²) in [5.41, 5.74) is 2.06. The number of likely N-dealkylation sites (N-methyl/N-ethyl adjacent to an activating group) is 1. The first-order chi connectivity index (χ1) is 13.2. The van der Waals surface area contributed by atoms with Crippen LogP contribution in [0.4, 0.5) is 11.4 Å². The van der Waals surface area contributed by atoms with Crippen LogP contribution in [0.25, 0.3) is 0 Å². The van der Waals surface area contributed by atoms with Gasteiger partial charge in [0.15, 0.2) is 22.9 Å². The zero-order valence-electron chi connectivity index (χ0n) is 16.3. The standard InChI is InChI=1S/C20H25N3O4S/c1-4-15-9-5-6-10-16(15)21-19(24)13-23(2)14-20(25)22-17-11-7-8-12-18(17)28(3,26)27/h5-12H,4,13-14H2,1-3H3,(H,21,24)(H,22,25)/p+1. The van der Waals surface area contributed by atoms with E-state index >= 15 is 0 Å². The molecule has 1 atom stereocenters. The molecule has 3 N–H and O–H groups in total. The monoisotopic (exact) mass is 404 g/mol. The predicted molar refractivity (Wildman–Crippen MR) is 109 cm³/mol. The third-order valence-electron chi connectivity index (χ3n) is 4.16. The molecule has 0 aromatic heterocycles. The fourth-order valence-corrected chi connectivity index (χ4v) is 3.69. The van der Waals surface area contributed by atoms with E-state index in [1.807, 2.05) is 31.2 Å². The average molecular weight is 405 g/mol. The van der Waals surface area contributed by atoms with Crippen molar-refractivity contribution in [1.82, 2.24) is 0 Å². The topological polar surface area (TPSA) is 96.8 Å². The number of rotatable bonds is 8. The first-order valence-corrected chi connectivity index (χ1v) is 10.9. The zero-order valence-corrected chi connectivity index (χ0v) is 17.1. The lowest BCUT2D eigenvalue weighted by Gasteiger charge is -2.15. The van der Waals surface area contributed by atoms with Crippen LogP contribution in [0, 0.1) is 0 Å². The second-order valence-electron chi connectivity index (χ2n) is 6.69. The summed E-state index contributed by atoms with van der Waals surface area (Å²) in [5, 5.41) is 5.49. The summed E-state index contributed by atoms with van der Waals surface area (Å²) in [6.07, 6.45) is 1.90. The van der Waals surface area contributed by atoms with Crippen molar-refractivity contribution >= 4 is 33.0 Å². The van der Waals surface area contributed by atoms with E-state index in [9.17, 15) is 18.0 Å². The Kier molecular flexibility index (Phi) is 7.31. The van der Waals surface area contributed by atoms with Crippen LogP contribution in [-0.2, 0) is 25.8 Å². The van der Waals surface area contributed by atoms with E-state index in [-0.39, 0.29) is 35.5 Å². The maximum Gasteiger partial charge on any atom is 0.279 e. The van der Waals surface area contributed by atoms with Gasteiger partial charge in [-0.3, -0.25) is 9.59 Å². The van der Waals surface area contributed by atoms with E-state index in [0.717, 1.165) is 23.9 Å². The van der Waals surface area contributed by atoms with Crippen molar-refractivity contribution in [2.24, 2.45) is 0 Å². The van der Waals surface area contributed by atoms with Crippen LogP contribution < -0.4 is 15.5 Å². The van der Waals surface area contributed by atoms with E-state index in [4.69, 9.17) is 0 Å². The highest BCUT2D eigenvalue weighted by Crippen LogP contribution is 2.20. The quantitative estimate of drug-likeness (QED) is 0.605. The van der Waals surface area contributed by atoms with Crippen molar-refractivity contribution in [3.63, 3.8) is 0 Å². The summed E-state index contributed by atoms with van der Waals surface area (Å²) in [5.74, 6) is -0.557. The summed E-state index contributed by atoms with van der Waals surface area (Å²) in [6, 6.07) is 13.8. The smallest absolute Gasteiger partial charge is 0.279 e. The van der Waals surface area contributed by atoms with Gasteiger partial charge in [-0.1, -0.05) is 37.3 Å². The molecule has 0 aliphatic carbocycles. The van der Waals surface area contributed by atoms with Crippen molar-refractivity contribution in [2.45, 2.75) is 18.2 Å². The second-order valence-corrected chi connectivity index (χ2v) is 8.67. The number of amides is 2. The molecule has 0 heterocycles. The molecule has 0 saturated carbocycles. The largest absolute Gasteiger partial charge is 0.322 e. The van der Waals surface area contributed by atoms with E-state index in [0.29, 0.717) is 4.90 Å². The molecule has 0 aliphatic rings. The highest BCUT2D eigenvalue weighted by Gasteiger charge is 2.18. The number of benzene rings is 2. The zero-order chi connectivity index (χ0) is 20.7. The number of quaternary nitrogens is 1. The number of sulfone groups is 1. The van der Waals surface area contributed by atoms with Gasteiger partial charge < -0.3 is 15.5 Å². The molecule has 2 amide bonds. The third-order valence-corrected chi connectivity index (χ3v) is 5.31. The minimum atomic E-state index is -3.45. The number of nitrogens with one attached hydrogen (secondary N) is 3. The summed E-state index contributed by atoms with van der Waals surface area (Å²) in [4.78, 5) is 25.3. The highest BCUT2D eigenvalue weighted by molar-refractivity contribution is 7.90. The van der Waals surface area contributed by atoms with E-state index in [2.05, 4.69) is 10.6 Å². The van der Waals surface area contributed by atoms with E-state index in [1.165, 1.54) is 12.1 Å². The average Bonchev–Trinajstić information content (AvgIpc) is 2.61. The van der Waals surface area contributed by atoms with Crippen LogP contribution in [0.15, 0.2) is 53.4 Å². The van der Waals surface area contributed by atoms with Crippen molar-refractivity contribution < 1.29 is 22.9 Å². The maximum atomic E-state index is 12.3. The Balaban J connectivity index is 1.94. The Bertz CT molecular complexity index is 957. The van der Waals surface area contributed by atoms with Gasteiger partial charge in [0.25, 0.3) is 11.8 Å². The van der Waals surface area contributed by atoms with Crippen molar-refractivity contribution in [2.75, 3.05) is 37.0 Å². The van der Waals surface area contributed by atoms with Crippen molar-refractivity contribution in [3.05, 3.63) is 54.1 Å². The molecule has 1 unspecified atom stereocenters. The van der Waals surface area contributed by atoms with Crippen LogP contribution in [0.5, 0.6) is 0 Å². The van der Waals surface area contributed by atoms with Crippen LogP contribution >= 0.6 is 0 Å². The Morgan fingerprint density at radius 1 is 0.893 bits per heavy atom. The Hall–Kier alpha value is -2.71. The van der Waals surface area contributed by atoms with Crippen LogP contribution in [0.2, 0.25) is 0 Å². The van der Waals surface area contributed by atoms with Crippen molar-refractivity contribution in [1.29, 1.82) is 0 Å². The molecular formula is C20H26N3O4S+. The maximum absolute atomic E-state index is 12.3. The van der Waals surface area contributed by atoms with E-state index in [1.54, 1.807) is 19.2 Å². The lowest BCUT2D eigenvalue weighted by Crippen LogP contribution is -3.11. The summed E-state index contributed by atoms with van der Waals surface area (Å²) >= 11 is 0. The molecule has 8 heteroatoms. The van der Waals surface area contributed by atoms with Crippen LogP contribution in [-0.4, -0.2) is 46.6 Å². The SMILES string of the molecule is CCc1ccccc1NC(=O)C[NH+](C)CC(=O)Nc1ccccc1S(C)(=O)=O. The molecule has 0 aliphatic heterocycles. The van der Waals surface area contributed by atoms with Crippen LogP contribution in [0.3, 0.4) is 0 Å². The molecule has 150 valence electrons. The molecule has 0 bridgehead atoms. The molecule has 2 rings (SSSR count). The lowest BCUT2D eigenvalue weighted by molar-refractivity contribution is -0.862. The molecule has 2 aromatic rings. The van der Waals surface area contributed by atoms with Gasteiger partial charge in [0.2, 0.25) is 0 Å². The molecule has 28 heavy (non-hydrogen) atoms. The number of para-hydroxylation sites is 2. The van der Waals surface area contributed by atoms with Crippen LogP contribution in [0.1, 0.15) is 12.5 Å². The number of anilines is 2. The van der Waals surface area contributed by atoms with Gasteiger partial charge in [-0.05, 0) is 30.2 Å². The first-order valence-electron chi connectivity index (χ1n) is 8.98. The fourth-order valence-electron chi connectivity index (χ4n) is 2.84. The molecule has 0 fully saturated rings. The van der Waals surface area contributed by atoms with Gasteiger partial charge >= 0.3 is 0 Å². The van der Waals surface area contributed by atoms with Gasteiger partial charge in [-0.15, -0.1) is 0 Å². The normalized spacial score (nSPS) is 12.2. The number of carbonyl (C=O) groups excluding carboxylic acids is 2. The molecule has 0 saturated heterocycles. The molecule has 0 radical (unpaired) electrons. The Morgan fingerprint density at radius 2 is 1.39 bits per heavy atom. The molecule has 7 nitrogen and oxygen atoms in total. The summed E-state index contributed by atoms with van der Waals surface area (Å²) in [6.45, 7) is 2.15. The third kappa shape index (κ3) is 6.17. The number of hydrogen-bond donors (Lipinski definition) is 3. The number of aryl methyl sites for hydroxylation is 1. The fraction of sp³-hybridized carbons (Fsp3) is 0.300. The molecular weight excluding hydrogens is 378 g/mol. The Morgan fingerprint density at radius 3 is 1.96 bits per heavy atom. The van der Waals surface area contributed by atoms with Gasteiger partial charge in [0.05, 0.1) is 17.6 Å². The van der Waals surface area contributed by atoms with E-state index < -0.39 is 9.84 Å². The predicted octanol–water partition coefficient (Wildman–Crippen LogP) is 0.744. The van der Waals surface area contributed by atoms with Gasteiger partial charge in [-0.25, -0.2) is 8.42 Å². The second kappa shape index (κ2) is 9.48. The molecule has 0 spiro atoms. The first kappa shape index (κ1) is 21.6.